The predicted molar refractivity (Wildman–Crippen MR) is 121 cm³/mol. The number of nitrogens with zero attached hydrogens (tertiary/aromatic N) is 4. The van der Waals surface area contributed by atoms with E-state index in [-0.39, 0.29) is 28.4 Å². The van der Waals surface area contributed by atoms with E-state index in [9.17, 15) is 9.90 Å². The van der Waals surface area contributed by atoms with E-state index in [1.165, 1.54) is 13.3 Å². The van der Waals surface area contributed by atoms with Crippen molar-refractivity contribution in [3.8, 4) is 23.3 Å². The second kappa shape index (κ2) is 9.07. The highest BCUT2D eigenvalue weighted by molar-refractivity contribution is 6.12. The summed E-state index contributed by atoms with van der Waals surface area (Å²) < 4.78 is 10.5. The van der Waals surface area contributed by atoms with E-state index in [0.717, 1.165) is 0 Å². The van der Waals surface area contributed by atoms with Crippen molar-refractivity contribution in [3.63, 3.8) is 0 Å². The van der Waals surface area contributed by atoms with Crippen LogP contribution in [0.1, 0.15) is 15.9 Å². The lowest BCUT2D eigenvalue weighted by atomic mass is 10.0. The van der Waals surface area contributed by atoms with Gasteiger partial charge in [-0.15, -0.1) is 10.2 Å². The van der Waals surface area contributed by atoms with Crippen LogP contribution in [0.15, 0.2) is 65.0 Å². The molecule has 10 heteroatoms. The summed E-state index contributed by atoms with van der Waals surface area (Å²) in [7, 11) is 3.04. The van der Waals surface area contributed by atoms with Crippen LogP contribution >= 0.6 is 0 Å². The number of carbonyl (C=O) groups is 1. The van der Waals surface area contributed by atoms with Crippen LogP contribution in [-0.2, 0) is 0 Å². The first kappa shape index (κ1) is 21.3. The Morgan fingerprint density at radius 2 is 1.94 bits per heavy atom. The number of aromatic nitrogens is 2. The molecule has 0 atom stereocenters. The number of azo groups is 1. The molecule has 0 fully saturated rings. The van der Waals surface area contributed by atoms with Crippen molar-refractivity contribution in [3.05, 3.63) is 65.9 Å². The standard InChI is InChI=1S/C23H18N6O4/c1-32-16-8-6-15(7-9-16)26-23(31)17-10-13-4-3-5-18(33-2)19(13)20(21(17)30)27-29-22-14(11-24)12-25-28-22/h3-10,12,30H,1-2H3,(H,25,28)(H,26,31)/b29-27+. The molecule has 164 valence electrons. The number of amides is 1. The van der Waals surface area contributed by atoms with Gasteiger partial charge in [-0.05, 0) is 41.8 Å². The molecule has 0 saturated carbocycles. The minimum Gasteiger partial charge on any atom is -0.505 e. The molecule has 0 aliphatic rings. The van der Waals surface area contributed by atoms with Crippen molar-refractivity contribution in [2.45, 2.75) is 0 Å². The molecule has 33 heavy (non-hydrogen) atoms. The summed E-state index contributed by atoms with van der Waals surface area (Å²) in [5, 5.41) is 38.5. The maximum atomic E-state index is 13.0. The molecule has 4 rings (SSSR count). The molecule has 3 N–H and O–H groups in total. The Labute approximate surface area is 188 Å². The number of methoxy groups -OCH3 is 2. The Morgan fingerprint density at radius 1 is 1.15 bits per heavy atom. The average Bonchev–Trinajstić information content (AvgIpc) is 3.30. The van der Waals surface area contributed by atoms with Gasteiger partial charge in [0.15, 0.2) is 11.6 Å². The lowest BCUT2D eigenvalue weighted by molar-refractivity contribution is 0.102. The molecule has 4 aromatic rings. The number of aromatic amines is 1. The van der Waals surface area contributed by atoms with Gasteiger partial charge in [-0.2, -0.15) is 10.4 Å². The molecule has 0 radical (unpaired) electrons. The molecule has 0 unspecified atom stereocenters. The van der Waals surface area contributed by atoms with Gasteiger partial charge in [-0.25, -0.2) is 0 Å². The normalized spacial score (nSPS) is 10.8. The van der Waals surface area contributed by atoms with Crippen molar-refractivity contribution in [1.82, 2.24) is 10.2 Å². The van der Waals surface area contributed by atoms with Gasteiger partial charge in [0.2, 0.25) is 0 Å². The van der Waals surface area contributed by atoms with Crippen molar-refractivity contribution in [1.29, 1.82) is 5.26 Å². The number of hydrogen-bond acceptors (Lipinski definition) is 8. The van der Waals surface area contributed by atoms with Gasteiger partial charge in [0, 0.05) is 5.69 Å². The largest absolute Gasteiger partial charge is 0.505 e. The Balaban J connectivity index is 1.81. The van der Waals surface area contributed by atoms with Crippen molar-refractivity contribution in [2.24, 2.45) is 10.2 Å². The number of carbonyl (C=O) groups excluding carboxylic acids is 1. The molecular formula is C23H18N6O4. The van der Waals surface area contributed by atoms with Gasteiger partial charge < -0.3 is 19.9 Å². The Kier molecular flexibility index (Phi) is 5.86. The average molecular weight is 442 g/mol. The van der Waals surface area contributed by atoms with E-state index in [1.807, 2.05) is 6.07 Å². The van der Waals surface area contributed by atoms with E-state index < -0.39 is 5.91 Å². The summed E-state index contributed by atoms with van der Waals surface area (Å²) in [6.07, 6.45) is 1.31. The number of phenolic OH excluding ortho intramolecular Hbond substituents is 1. The molecule has 3 aromatic carbocycles. The number of benzene rings is 3. The van der Waals surface area contributed by atoms with Crippen LogP contribution in [0.4, 0.5) is 17.2 Å². The van der Waals surface area contributed by atoms with E-state index in [4.69, 9.17) is 14.7 Å². The number of hydrogen-bond donors (Lipinski definition) is 3. The van der Waals surface area contributed by atoms with Crippen molar-refractivity contribution < 1.29 is 19.4 Å². The molecule has 1 aromatic heterocycles. The summed E-state index contributed by atoms with van der Waals surface area (Å²) in [5.41, 5.74) is 0.710. The Morgan fingerprint density at radius 3 is 2.64 bits per heavy atom. The highest BCUT2D eigenvalue weighted by Crippen LogP contribution is 2.43. The van der Waals surface area contributed by atoms with Gasteiger partial charge in [-0.3, -0.25) is 9.89 Å². The zero-order chi connectivity index (χ0) is 23.4. The SMILES string of the molecule is COc1ccc(NC(=O)c2cc3cccc(OC)c3c(/N=N/c3[nH]ncc3C#N)c2O)cc1. The highest BCUT2D eigenvalue weighted by atomic mass is 16.5. The number of anilines is 1. The molecule has 0 bridgehead atoms. The first-order valence-electron chi connectivity index (χ1n) is 9.69. The van der Waals surface area contributed by atoms with Gasteiger partial charge in [-0.1, -0.05) is 12.1 Å². The van der Waals surface area contributed by atoms with Crippen molar-refractivity contribution >= 4 is 33.9 Å². The predicted octanol–water partition coefficient (Wildman–Crippen LogP) is 4.83. The second-order valence-electron chi connectivity index (χ2n) is 6.81. The molecule has 0 saturated heterocycles. The van der Waals surface area contributed by atoms with E-state index in [0.29, 0.717) is 28.0 Å². The van der Waals surface area contributed by atoms with Crippen LogP contribution in [0.5, 0.6) is 17.2 Å². The molecule has 0 aliphatic carbocycles. The number of fused-ring (bicyclic) bond motifs is 1. The molecule has 10 nitrogen and oxygen atoms in total. The second-order valence-corrected chi connectivity index (χ2v) is 6.81. The van der Waals surface area contributed by atoms with Gasteiger partial charge in [0.25, 0.3) is 5.91 Å². The third kappa shape index (κ3) is 4.15. The first-order chi connectivity index (χ1) is 16.0. The lowest BCUT2D eigenvalue weighted by Gasteiger charge is -2.13. The van der Waals surface area contributed by atoms with Crippen LogP contribution in [0.25, 0.3) is 10.8 Å². The zero-order valence-corrected chi connectivity index (χ0v) is 17.7. The number of aromatic hydroxyl groups is 1. The monoisotopic (exact) mass is 442 g/mol. The van der Waals surface area contributed by atoms with Crippen molar-refractivity contribution in [2.75, 3.05) is 19.5 Å². The minimum absolute atomic E-state index is 0.00867. The molecule has 1 heterocycles. The van der Waals surface area contributed by atoms with E-state index in [1.54, 1.807) is 55.6 Å². The van der Waals surface area contributed by atoms with Crippen LogP contribution in [-0.4, -0.2) is 35.4 Å². The summed E-state index contributed by atoms with van der Waals surface area (Å²) in [5.74, 6) is 0.266. The maximum absolute atomic E-state index is 13.0. The smallest absolute Gasteiger partial charge is 0.259 e. The van der Waals surface area contributed by atoms with Crippen LogP contribution in [0.2, 0.25) is 0 Å². The number of nitriles is 1. The third-order valence-corrected chi connectivity index (χ3v) is 4.88. The quantitative estimate of drug-likeness (QED) is 0.365. The summed E-state index contributed by atoms with van der Waals surface area (Å²) in [6.45, 7) is 0. The fraction of sp³-hybridized carbons (Fsp3) is 0.0870. The van der Waals surface area contributed by atoms with E-state index >= 15 is 0 Å². The number of nitrogens with one attached hydrogen (secondary N) is 2. The van der Waals surface area contributed by atoms with Gasteiger partial charge in [0.1, 0.15) is 28.8 Å². The number of rotatable bonds is 6. The number of ether oxygens (including phenoxy) is 2. The van der Waals surface area contributed by atoms with E-state index in [2.05, 4.69) is 25.7 Å². The van der Waals surface area contributed by atoms with Crippen LogP contribution < -0.4 is 14.8 Å². The topological polar surface area (TPSA) is 145 Å². The summed E-state index contributed by atoms with van der Waals surface area (Å²) in [6, 6.07) is 15.5. The number of phenols is 1. The lowest BCUT2D eigenvalue weighted by Crippen LogP contribution is -2.12. The summed E-state index contributed by atoms with van der Waals surface area (Å²) >= 11 is 0. The highest BCUT2D eigenvalue weighted by Gasteiger charge is 2.21. The maximum Gasteiger partial charge on any atom is 0.259 e. The Bertz CT molecular complexity index is 1400. The summed E-state index contributed by atoms with van der Waals surface area (Å²) in [4.78, 5) is 13.0. The van der Waals surface area contributed by atoms with Gasteiger partial charge >= 0.3 is 0 Å². The minimum atomic E-state index is -0.543. The first-order valence-corrected chi connectivity index (χ1v) is 9.69. The Hall–Kier alpha value is -4.91. The van der Waals surface area contributed by atoms with Gasteiger partial charge in [0.05, 0.1) is 31.4 Å². The van der Waals surface area contributed by atoms with Crippen LogP contribution in [0, 0.1) is 11.3 Å². The number of H-pyrrole nitrogens is 1. The molecule has 1 amide bonds. The molecular weight excluding hydrogens is 424 g/mol. The van der Waals surface area contributed by atoms with Crippen LogP contribution in [0.3, 0.4) is 0 Å². The fourth-order valence-electron chi connectivity index (χ4n) is 3.24. The third-order valence-electron chi connectivity index (χ3n) is 4.88. The molecule has 0 spiro atoms. The molecule has 0 aliphatic heterocycles. The fourth-order valence-corrected chi connectivity index (χ4v) is 3.24. The zero-order valence-electron chi connectivity index (χ0n) is 17.7.